The van der Waals surface area contributed by atoms with E-state index in [1.807, 2.05) is 36.1 Å². The number of rotatable bonds is 1. The molecule has 1 aromatic heterocycles. The smallest absolute Gasteiger partial charge is 0.169 e. The highest BCUT2D eigenvalue weighted by Gasteiger charge is 1.98. The molecular weight excluding hydrogens is 218 g/mol. The molecule has 1 heterocycles. The predicted molar refractivity (Wildman–Crippen MR) is 53.2 cm³/mol. The van der Waals surface area contributed by atoms with Crippen molar-refractivity contribution in [2.45, 2.75) is 6.92 Å². The molecule has 0 amide bonds. The van der Waals surface area contributed by atoms with Gasteiger partial charge in [0.05, 0.1) is 10.1 Å². The summed E-state index contributed by atoms with van der Waals surface area (Å²) < 4.78 is 29.1. The van der Waals surface area contributed by atoms with Crippen LogP contribution in [-0.4, -0.2) is 25.0 Å². The summed E-state index contributed by atoms with van der Waals surface area (Å²) in [5.74, 6) is 0.112. The highest BCUT2D eigenvalue weighted by molar-refractivity contribution is 7.84. The van der Waals surface area contributed by atoms with Crippen LogP contribution in [0.25, 0.3) is 0 Å². The summed E-state index contributed by atoms with van der Waals surface area (Å²) in [5.41, 5.74) is 0.762. The first kappa shape index (κ1) is 13.7. The Labute approximate surface area is 89.1 Å². The van der Waals surface area contributed by atoms with E-state index < -0.39 is 10.1 Å². The number of pyridine rings is 1. The van der Waals surface area contributed by atoms with Crippen LogP contribution in [0.2, 0.25) is 0 Å². The number of nitrogens with zero attached hydrogens (tertiary/aromatic N) is 1. The molecule has 0 spiro atoms. The Morgan fingerprint density at radius 3 is 1.93 bits per heavy atom. The highest BCUT2D eigenvalue weighted by atomic mass is 32.2. The van der Waals surface area contributed by atoms with Crippen molar-refractivity contribution in [2.75, 3.05) is 6.26 Å². The van der Waals surface area contributed by atoms with Gasteiger partial charge in [0, 0.05) is 24.0 Å². The van der Waals surface area contributed by atoms with Crippen LogP contribution < -0.4 is 4.57 Å². The first-order chi connectivity index (χ1) is 6.70. The number of Topliss-reactive ketones (excluding diaryl/α,β-unsaturated/α-hetero) is 1. The molecule has 0 N–H and O–H groups in total. The van der Waals surface area contributed by atoms with Gasteiger partial charge >= 0.3 is 0 Å². The van der Waals surface area contributed by atoms with E-state index in [0.717, 1.165) is 5.56 Å². The van der Waals surface area contributed by atoms with Crippen LogP contribution in [0, 0.1) is 0 Å². The Bertz CT molecular complexity index is 414. The van der Waals surface area contributed by atoms with Gasteiger partial charge in [0.15, 0.2) is 18.2 Å². The number of ketones is 1. The van der Waals surface area contributed by atoms with Gasteiger partial charge in [-0.3, -0.25) is 4.79 Å². The molecule has 0 fully saturated rings. The van der Waals surface area contributed by atoms with Gasteiger partial charge in [-0.25, -0.2) is 13.0 Å². The van der Waals surface area contributed by atoms with Crippen molar-refractivity contribution in [1.82, 2.24) is 0 Å². The topological polar surface area (TPSA) is 78.1 Å². The maximum absolute atomic E-state index is 10.7. The van der Waals surface area contributed by atoms with E-state index >= 15 is 0 Å². The lowest BCUT2D eigenvalue weighted by molar-refractivity contribution is -0.671. The van der Waals surface area contributed by atoms with Gasteiger partial charge in [-0.05, 0) is 6.92 Å². The third kappa shape index (κ3) is 9.04. The number of aromatic nitrogens is 1. The Hall–Kier alpha value is -1.27. The van der Waals surface area contributed by atoms with Crippen LogP contribution in [0.4, 0.5) is 0 Å². The SMILES string of the molecule is CC(=O)c1cc[n+](C)cc1.CS(=O)(=O)[O-]. The Balaban J connectivity index is 0.000000336. The average Bonchev–Trinajstić information content (AvgIpc) is 2.01. The van der Waals surface area contributed by atoms with E-state index in [-0.39, 0.29) is 5.78 Å². The van der Waals surface area contributed by atoms with E-state index in [9.17, 15) is 4.79 Å². The van der Waals surface area contributed by atoms with Gasteiger partial charge in [0.2, 0.25) is 0 Å². The summed E-state index contributed by atoms with van der Waals surface area (Å²) in [6.07, 6.45) is 4.32. The molecule has 1 rings (SSSR count). The van der Waals surface area contributed by atoms with Gasteiger partial charge in [-0.1, -0.05) is 0 Å². The molecule has 6 heteroatoms. The summed E-state index contributed by atoms with van der Waals surface area (Å²) in [4.78, 5) is 10.7. The fourth-order valence-corrected chi connectivity index (χ4v) is 0.736. The van der Waals surface area contributed by atoms with Gasteiger partial charge in [-0.2, -0.15) is 0 Å². The molecule has 5 nitrogen and oxygen atoms in total. The number of hydrogen-bond donors (Lipinski definition) is 0. The molecule has 0 aliphatic heterocycles. The molecule has 15 heavy (non-hydrogen) atoms. The first-order valence-corrected chi connectivity index (χ1v) is 5.89. The molecule has 84 valence electrons. The van der Waals surface area contributed by atoms with Crippen LogP contribution in [0.15, 0.2) is 24.5 Å². The first-order valence-electron chi connectivity index (χ1n) is 4.07. The van der Waals surface area contributed by atoms with Gasteiger partial charge in [-0.15, -0.1) is 0 Å². The lowest BCUT2D eigenvalue weighted by Gasteiger charge is -1.90. The van der Waals surface area contributed by atoms with E-state index in [4.69, 9.17) is 13.0 Å². The second kappa shape index (κ2) is 5.57. The summed E-state index contributed by atoms with van der Waals surface area (Å²) in [7, 11) is -2.00. The molecule has 1 aromatic rings. The van der Waals surface area contributed by atoms with Gasteiger partial charge < -0.3 is 4.55 Å². The summed E-state index contributed by atoms with van der Waals surface area (Å²) in [6, 6.07) is 3.62. The molecule has 0 saturated carbocycles. The zero-order valence-electron chi connectivity index (χ0n) is 8.80. The van der Waals surface area contributed by atoms with Crippen molar-refractivity contribution in [3.8, 4) is 0 Å². The number of hydrogen-bond acceptors (Lipinski definition) is 4. The molecule has 0 radical (unpaired) electrons. The Morgan fingerprint density at radius 1 is 1.33 bits per heavy atom. The maximum Gasteiger partial charge on any atom is 0.169 e. The van der Waals surface area contributed by atoms with Crippen molar-refractivity contribution in [2.24, 2.45) is 7.05 Å². The van der Waals surface area contributed by atoms with Crippen molar-refractivity contribution >= 4 is 15.9 Å². The number of aryl methyl sites for hydroxylation is 1. The maximum atomic E-state index is 10.7. The van der Waals surface area contributed by atoms with Crippen molar-refractivity contribution in [1.29, 1.82) is 0 Å². The fourth-order valence-electron chi connectivity index (χ4n) is 0.736. The van der Waals surface area contributed by atoms with Crippen molar-refractivity contribution in [3.05, 3.63) is 30.1 Å². The van der Waals surface area contributed by atoms with Crippen LogP contribution in [-0.2, 0) is 17.2 Å². The fraction of sp³-hybridized carbons (Fsp3) is 0.333. The summed E-state index contributed by atoms with van der Waals surface area (Å²) in [6.45, 7) is 1.56. The van der Waals surface area contributed by atoms with Crippen LogP contribution in [0.3, 0.4) is 0 Å². The predicted octanol–water partition coefficient (Wildman–Crippen LogP) is -0.125. The van der Waals surface area contributed by atoms with Crippen molar-refractivity contribution in [3.63, 3.8) is 0 Å². The highest BCUT2D eigenvalue weighted by Crippen LogP contribution is 1.94. The van der Waals surface area contributed by atoms with Gasteiger partial charge in [0.25, 0.3) is 0 Å². The zero-order valence-corrected chi connectivity index (χ0v) is 9.61. The van der Waals surface area contributed by atoms with E-state index in [2.05, 4.69) is 0 Å². The molecule has 0 unspecified atom stereocenters. The van der Waals surface area contributed by atoms with Gasteiger partial charge in [0.1, 0.15) is 7.05 Å². The quantitative estimate of drug-likeness (QED) is 0.383. The minimum absolute atomic E-state index is 0.112. The number of carbonyl (C=O) groups excluding carboxylic acids is 1. The molecule has 0 atom stereocenters. The summed E-state index contributed by atoms with van der Waals surface area (Å²) in [5, 5.41) is 0. The average molecular weight is 231 g/mol. The summed E-state index contributed by atoms with van der Waals surface area (Å²) >= 11 is 0. The van der Waals surface area contributed by atoms with E-state index in [0.29, 0.717) is 6.26 Å². The molecule has 0 aromatic carbocycles. The Morgan fingerprint density at radius 2 is 1.67 bits per heavy atom. The zero-order chi connectivity index (χ0) is 12.1. The molecular formula is C9H13NO4S. The normalized spacial score (nSPS) is 10.1. The van der Waals surface area contributed by atoms with E-state index in [1.165, 1.54) is 0 Å². The lowest BCUT2D eigenvalue weighted by atomic mass is 10.2. The molecule has 0 saturated heterocycles. The standard InChI is InChI=1S/C8H10NO.CH4O3S/c1-7(10)8-3-5-9(2)6-4-8;1-5(2,3)4/h3-6H,1-2H3;1H3,(H,2,3,4)/q+1;/p-1. The molecule has 0 aliphatic carbocycles. The van der Waals surface area contributed by atoms with Crippen LogP contribution in [0.1, 0.15) is 17.3 Å². The monoisotopic (exact) mass is 231 g/mol. The lowest BCUT2D eigenvalue weighted by Crippen LogP contribution is -2.26. The number of carbonyl (C=O) groups is 1. The minimum atomic E-state index is -3.92. The Kier molecular flexibility index (Phi) is 5.10. The second-order valence-electron chi connectivity index (χ2n) is 3.01. The van der Waals surface area contributed by atoms with Crippen LogP contribution >= 0.6 is 0 Å². The molecule has 0 bridgehead atoms. The third-order valence-electron chi connectivity index (χ3n) is 1.38. The van der Waals surface area contributed by atoms with E-state index in [1.54, 1.807) is 6.92 Å². The second-order valence-corrected chi connectivity index (χ2v) is 4.42. The molecule has 0 aliphatic rings. The third-order valence-corrected chi connectivity index (χ3v) is 1.38. The van der Waals surface area contributed by atoms with Crippen LogP contribution in [0.5, 0.6) is 0 Å². The van der Waals surface area contributed by atoms with Crippen molar-refractivity contribution < 1.29 is 22.3 Å². The minimum Gasteiger partial charge on any atom is -0.748 e. The largest absolute Gasteiger partial charge is 0.748 e.